The maximum absolute atomic E-state index is 11.9. The molecule has 1 aliphatic heterocycles. The molecule has 4 nitrogen and oxygen atoms in total. The van der Waals surface area contributed by atoms with Crippen molar-refractivity contribution in [2.75, 3.05) is 13.2 Å². The van der Waals surface area contributed by atoms with Gasteiger partial charge in [0.1, 0.15) is 18.1 Å². The molecule has 3 rings (SSSR count). The number of carbonyl (C=O) groups is 1. The van der Waals surface area contributed by atoms with Crippen LogP contribution in [-0.4, -0.2) is 19.2 Å². The highest BCUT2D eigenvalue weighted by atomic mass is 16.5. The van der Waals surface area contributed by atoms with Gasteiger partial charge in [0.2, 0.25) is 0 Å². The molecular weight excluding hydrogens is 280 g/mol. The molecule has 0 fully saturated rings. The molecule has 0 aliphatic carbocycles. The zero-order valence-electron chi connectivity index (χ0n) is 12.5. The highest BCUT2D eigenvalue weighted by Gasteiger charge is 2.21. The first-order valence-corrected chi connectivity index (χ1v) is 7.41. The molecule has 114 valence electrons. The lowest BCUT2D eigenvalue weighted by Gasteiger charge is -2.12. The van der Waals surface area contributed by atoms with Crippen LogP contribution in [0.3, 0.4) is 0 Å². The fourth-order valence-electron chi connectivity index (χ4n) is 2.45. The second-order valence-electron chi connectivity index (χ2n) is 5.04. The molecule has 2 aromatic rings. The van der Waals surface area contributed by atoms with Crippen molar-refractivity contribution in [1.82, 2.24) is 0 Å². The van der Waals surface area contributed by atoms with E-state index in [0.717, 1.165) is 17.5 Å². The van der Waals surface area contributed by atoms with Crippen LogP contribution >= 0.6 is 0 Å². The lowest BCUT2D eigenvalue weighted by atomic mass is 10.1. The number of hydrogen-bond donors (Lipinski definition) is 0. The molecule has 1 heterocycles. The number of esters is 1. The van der Waals surface area contributed by atoms with Crippen molar-refractivity contribution in [3.63, 3.8) is 0 Å². The highest BCUT2D eigenvalue weighted by Crippen LogP contribution is 2.35. The molecule has 2 aromatic carbocycles. The predicted octanol–water partition coefficient (Wildman–Crippen LogP) is 3.38. The Hall–Kier alpha value is -2.49. The van der Waals surface area contributed by atoms with Gasteiger partial charge < -0.3 is 14.2 Å². The van der Waals surface area contributed by atoms with E-state index in [4.69, 9.17) is 14.2 Å². The van der Waals surface area contributed by atoms with Crippen molar-refractivity contribution in [3.8, 4) is 11.5 Å². The molecule has 0 atom stereocenters. The lowest BCUT2D eigenvalue weighted by molar-refractivity contribution is 0.0525. The van der Waals surface area contributed by atoms with Crippen LogP contribution in [0.4, 0.5) is 0 Å². The number of rotatable bonds is 5. The van der Waals surface area contributed by atoms with Crippen LogP contribution in [0.1, 0.15) is 28.4 Å². The van der Waals surface area contributed by atoms with Gasteiger partial charge in [0, 0.05) is 12.0 Å². The quantitative estimate of drug-likeness (QED) is 0.794. The van der Waals surface area contributed by atoms with Crippen LogP contribution in [0.5, 0.6) is 11.5 Å². The molecule has 0 radical (unpaired) electrons. The molecule has 0 bridgehead atoms. The third-order valence-corrected chi connectivity index (χ3v) is 3.53. The molecule has 0 amide bonds. The summed E-state index contributed by atoms with van der Waals surface area (Å²) in [6.07, 6.45) is 0.794. The average Bonchev–Trinajstić information content (AvgIpc) is 3.02. The zero-order valence-corrected chi connectivity index (χ0v) is 12.5. The molecule has 4 heteroatoms. The van der Waals surface area contributed by atoms with Crippen LogP contribution < -0.4 is 9.47 Å². The van der Waals surface area contributed by atoms with Crippen LogP contribution in [-0.2, 0) is 17.8 Å². The van der Waals surface area contributed by atoms with E-state index in [9.17, 15) is 4.79 Å². The van der Waals surface area contributed by atoms with Gasteiger partial charge in [-0.3, -0.25) is 0 Å². The average molecular weight is 298 g/mol. The zero-order chi connectivity index (χ0) is 15.4. The Morgan fingerprint density at radius 1 is 1.23 bits per heavy atom. The van der Waals surface area contributed by atoms with Crippen LogP contribution in [0.25, 0.3) is 0 Å². The Morgan fingerprint density at radius 3 is 2.82 bits per heavy atom. The van der Waals surface area contributed by atoms with Crippen LogP contribution in [0.15, 0.2) is 42.5 Å². The van der Waals surface area contributed by atoms with Gasteiger partial charge in [0.05, 0.1) is 18.8 Å². The number of carbonyl (C=O) groups excluding carboxylic acids is 1. The summed E-state index contributed by atoms with van der Waals surface area (Å²) in [4.78, 5) is 11.9. The molecule has 0 spiro atoms. The van der Waals surface area contributed by atoms with Crippen molar-refractivity contribution < 1.29 is 19.0 Å². The van der Waals surface area contributed by atoms with Crippen molar-refractivity contribution in [3.05, 3.63) is 59.2 Å². The fourth-order valence-corrected chi connectivity index (χ4v) is 2.45. The van der Waals surface area contributed by atoms with Crippen LogP contribution in [0.2, 0.25) is 0 Å². The van der Waals surface area contributed by atoms with Gasteiger partial charge in [-0.1, -0.05) is 30.3 Å². The first kappa shape index (κ1) is 14.4. The largest absolute Gasteiger partial charge is 0.493 e. The number of ether oxygens (including phenoxy) is 3. The summed E-state index contributed by atoms with van der Waals surface area (Å²) in [5, 5.41) is 0. The molecule has 0 saturated heterocycles. The topological polar surface area (TPSA) is 44.8 Å². The summed E-state index contributed by atoms with van der Waals surface area (Å²) in [7, 11) is 0. The summed E-state index contributed by atoms with van der Waals surface area (Å²) < 4.78 is 16.5. The fraction of sp³-hybridized carbons (Fsp3) is 0.278. The minimum atomic E-state index is -0.356. The minimum Gasteiger partial charge on any atom is -0.493 e. The number of fused-ring (bicyclic) bond motifs is 1. The summed E-state index contributed by atoms with van der Waals surface area (Å²) >= 11 is 0. The molecule has 0 unspecified atom stereocenters. The van der Waals surface area contributed by atoms with E-state index in [1.165, 1.54) is 0 Å². The van der Waals surface area contributed by atoms with E-state index >= 15 is 0 Å². The summed E-state index contributed by atoms with van der Waals surface area (Å²) in [5.41, 5.74) is 2.56. The molecule has 22 heavy (non-hydrogen) atoms. The monoisotopic (exact) mass is 298 g/mol. The second-order valence-corrected chi connectivity index (χ2v) is 5.04. The SMILES string of the molecule is CCOC(=O)c1cc2c(c(OCc3ccccc3)c1)CCO2. The van der Waals surface area contributed by atoms with Gasteiger partial charge in [-0.2, -0.15) is 0 Å². The Labute approximate surface area is 129 Å². The number of benzene rings is 2. The number of hydrogen-bond acceptors (Lipinski definition) is 4. The molecular formula is C18H18O4. The molecule has 0 saturated carbocycles. The van der Waals surface area contributed by atoms with Gasteiger partial charge in [0.15, 0.2) is 0 Å². The lowest BCUT2D eigenvalue weighted by Crippen LogP contribution is -2.06. The first-order valence-electron chi connectivity index (χ1n) is 7.41. The molecule has 1 aliphatic rings. The first-order chi connectivity index (χ1) is 10.8. The standard InChI is InChI=1S/C18H18O4/c1-2-20-18(19)14-10-16-15(8-9-21-16)17(11-14)22-12-13-6-4-3-5-7-13/h3-7,10-11H,2,8-9,12H2,1H3. The van der Waals surface area contributed by atoms with Gasteiger partial charge in [-0.05, 0) is 24.6 Å². The van der Waals surface area contributed by atoms with Crippen molar-refractivity contribution >= 4 is 5.97 Å². The summed E-state index contributed by atoms with van der Waals surface area (Å²) in [6.45, 7) is 3.20. The van der Waals surface area contributed by atoms with E-state index in [2.05, 4.69) is 0 Å². The third kappa shape index (κ3) is 3.06. The van der Waals surface area contributed by atoms with Gasteiger partial charge in [0.25, 0.3) is 0 Å². The minimum absolute atomic E-state index is 0.344. The van der Waals surface area contributed by atoms with Crippen molar-refractivity contribution in [2.24, 2.45) is 0 Å². The van der Waals surface area contributed by atoms with E-state index in [1.807, 2.05) is 30.3 Å². The van der Waals surface area contributed by atoms with E-state index in [1.54, 1.807) is 19.1 Å². The smallest absolute Gasteiger partial charge is 0.338 e. The van der Waals surface area contributed by atoms with Gasteiger partial charge in [-0.15, -0.1) is 0 Å². The van der Waals surface area contributed by atoms with Crippen LogP contribution in [0, 0.1) is 0 Å². The maximum atomic E-state index is 11.9. The molecule has 0 aromatic heterocycles. The highest BCUT2D eigenvalue weighted by molar-refractivity contribution is 5.91. The Balaban J connectivity index is 1.84. The predicted molar refractivity (Wildman–Crippen MR) is 82.4 cm³/mol. The normalized spacial score (nSPS) is 12.4. The summed E-state index contributed by atoms with van der Waals surface area (Å²) in [5.74, 6) is 1.06. The second kappa shape index (κ2) is 6.52. The Kier molecular flexibility index (Phi) is 4.28. The maximum Gasteiger partial charge on any atom is 0.338 e. The molecule has 0 N–H and O–H groups in total. The van der Waals surface area contributed by atoms with Crippen molar-refractivity contribution in [2.45, 2.75) is 20.0 Å². The van der Waals surface area contributed by atoms with Crippen molar-refractivity contribution in [1.29, 1.82) is 0 Å². The van der Waals surface area contributed by atoms with E-state index in [-0.39, 0.29) is 5.97 Å². The Morgan fingerprint density at radius 2 is 2.05 bits per heavy atom. The van der Waals surface area contributed by atoms with Gasteiger partial charge in [-0.25, -0.2) is 4.79 Å². The van der Waals surface area contributed by atoms with Gasteiger partial charge >= 0.3 is 5.97 Å². The Bertz CT molecular complexity index is 664. The van der Waals surface area contributed by atoms with E-state index < -0.39 is 0 Å². The summed E-state index contributed by atoms with van der Waals surface area (Å²) in [6, 6.07) is 13.4. The van der Waals surface area contributed by atoms with E-state index in [0.29, 0.717) is 36.9 Å². The third-order valence-electron chi connectivity index (χ3n) is 3.53.